The standard InChI is InChI=1S/C17H21NO3/c1-13(2)11-14-12-16(20-3)9-10-18(14)17(19)21-15-7-5-4-6-8-15/h4-10,12-14H,11H2,1-3H3. The van der Waals surface area contributed by atoms with Crippen molar-refractivity contribution in [3.05, 3.63) is 54.4 Å². The number of benzene rings is 1. The summed E-state index contributed by atoms with van der Waals surface area (Å²) < 4.78 is 10.6. The third-order valence-electron chi connectivity index (χ3n) is 3.22. The lowest BCUT2D eigenvalue weighted by Gasteiger charge is -2.30. The molecule has 0 spiro atoms. The summed E-state index contributed by atoms with van der Waals surface area (Å²) in [6, 6.07) is 9.03. The van der Waals surface area contributed by atoms with Crippen LogP contribution >= 0.6 is 0 Å². The van der Waals surface area contributed by atoms with Crippen LogP contribution in [0.2, 0.25) is 0 Å². The molecule has 0 N–H and O–H groups in total. The predicted octanol–water partition coefficient (Wildman–Crippen LogP) is 3.96. The van der Waals surface area contributed by atoms with Crippen LogP contribution in [0.3, 0.4) is 0 Å². The second kappa shape index (κ2) is 6.97. The molecule has 112 valence electrons. The van der Waals surface area contributed by atoms with Crippen molar-refractivity contribution in [3.63, 3.8) is 0 Å². The summed E-state index contributed by atoms with van der Waals surface area (Å²) >= 11 is 0. The van der Waals surface area contributed by atoms with Crippen molar-refractivity contribution in [2.24, 2.45) is 5.92 Å². The van der Waals surface area contributed by atoms with E-state index in [9.17, 15) is 4.79 Å². The van der Waals surface area contributed by atoms with E-state index >= 15 is 0 Å². The average molecular weight is 287 g/mol. The van der Waals surface area contributed by atoms with E-state index in [1.54, 1.807) is 36.4 Å². The number of carbonyl (C=O) groups excluding carboxylic acids is 1. The summed E-state index contributed by atoms with van der Waals surface area (Å²) in [5, 5.41) is 0. The lowest BCUT2D eigenvalue weighted by Crippen LogP contribution is -2.39. The maximum Gasteiger partial charge on any atom is 0.419 e. The minimum atomic E-state index is -0.380. The summed E-state index contributed by atoms with van der Waals surface area (Å²) in [6.45, 7) is 4.25. The highest BCUT2D eigenvalue weighted by Crippen LogP contribution is 2.22. The number of nitrogens with zero attached hydrogens (tertiary/aromatic N) is 1. The highest BCUT2D eigenvalue weighted by molar-refractivity contribution is 5.73. The van der Waals surface area contributed by atoms with Gasteiger partial charge in [0.1, 0.15) is 11.5 Å². The number of methoxy groups -OCH3 is 1. The van der Waals surface area contributed by atoms with Crippen LogP contribution in [-0.2, 0) is 4.74 Å². The lowest BCUT2D eigenvalue weighted by atomic mass is 10.0. The van der Waals surface area contributed by atoms with E-state index in [4.69, 9.17) is 9.47 Å². The third-order valence-corrected chi connectivity index (χ3v) is 3.22. The fourth-order valence-electron chi connectivity index (χ4n) is 2.23. The van der Waals surface area contributed by atoms with Gasteiger partial charge < -0.3 is 9.47 Å². The van der Waals surface area contributed by atoms with Gasteiger partial charge in [0.2, 0.25) is 0 Å². The van der Waals surface area contributed by atoms with Crippen molar-refractivity contribution in [1.82, 2.24) is 4.90 Å². The molecule has 0 saturated carbocycles. The Balaban J connectivity index is 2.11. The van der Waals surface area contributed by atoms with E-state index in [1.165, 1.54) is 0 Å². The van der Waals surface area contributed by atoms with E-state index in [-0.39, 0.29) is 12.1 Å². The van der Waals surface area contributed by atoms with Crippen LogP contribution in [0.1, 0.15) is 20.3 Å². The molecule has 1 amide bonds. The van der Waals surface area contributed by atoms with Gasteiger partial charge in [-0.25, -0.2) is 4.79 Å². The topological polar surface area (TPSA) is 38.8 Å². The number of hydrogen-bond acceptors (Lipinski definition) is 3. The Morgan fingerprint density at radius 1 is 1.29 bits per heavy atom. The van der Waals surface area contributed by atoms with Gasteiger partial charge in [0.25, 0.3) is 0 Å². The van der Waals surface area contributed by atoms with E-state index in [0.29, 0.717) is 11.7 Å². The molecule has 21 heavy (non-hydrogen) atoms. The van der Waals surface area contributed by atoms with Gasteiger partial charge in [-0.05, 0) is 36.6 Å². The van der Waals surface area contributed by atoms with Crippen molar-refractivity contribution >= 4 is 6.09 Å². The quantitative estimate of drug-likeness (QED) is 0.841. The highest BCUT2D eigenvalue weighted by Gasteiger charge is 2.26. The van der Waals surface area contributed by atoms with Gasteiger partial charge in [-0.2, -0.15) is 0 Å². The Morgan fingerprint density at radius 2 is 2.00 bits per heavy atom. The monoisotopic (exact) mass is 287 g/mol. The van der Waals surface area contributed by atoms with Crippen molar-refractivity contribution < 1.29 is 14.3 Å². The van der Waals surface area contributed by atoms with E-state index < -0.39 is 0 Å². The minimum Gasteiger partial charge on any atom is -0.497 e. The minimum absolute atomic E-state index is 0.0545. The second-order valence-electron chi connectivity index (χ2n) is 5.37. The number of amides is 1. The number of allylic oxidation sites excluding steroid dienone is 1. The Labute approximate surface area is 125 Å². The van der Waals surface area contributed by atoms with Gasteiger partial charge in [0.15, 0.2) is 0 Å². The molecular formula is C17H21NO3. The van der Waals surface area contributed by atoms with Crippen LogP contribution in [0.4, 0.5) is 4.79 Å². The zero-order valence-electron chi connectivity index (χ0n) is 12.7. The lowest BCUT2D eigenvalue weighted by molar-refractivity contribution is 0.154. The molecule has 1 unspecified atom stereocenters. The molecule has 4 nitrogen and oxygen atoms in total. The largest absolute Gasteiger partial charge is 0.497 e. The van der Waals surface area contributed by atoms with Crippen molar-refractivity contribution in [2.45, 2.75) is 26.3 Å². The first-order chi connectivity index (χ1) is 10.1. The van der Waals surface area contributed by atoms with Gasteiger partial charge in [-0.3, -0.25) is 4.90 Å². The maximum absolute atomic E-state index is 12.3. The molecular weight excluding hydrogens is 266 g/mol. The average Bonchev–Trinajstić information content (AvgIpc) is 2.47. The summed E-state index contributed by atoms with van der Waals surface area (Å²) in [4.78, 5) is 13.9. The fourth-order valence-corrected chi connectivity index (χ4v) is 2.23. The molecule has 1 aliphatic heterocycles. The molecule has 0 aromatic heterocycles. The molecule has 4 heteroatoms. The van der Waals surface area contributed by atoms with Crippen LogP contribution in [0, 0.1) is 5.92 Å². The second-order valence-corrected chi connectivity index (χ2v) is 5.37. The Bertz CT molecular complexity index is 534. The Hall–Kier alpha value is -2.23. The zero-order chi connectivity index (χ0) is 15.2. The van der Waals surface area contributed by atoms with Crippen molar-refractivity contribution in [2.75, 3.05) is 7.11 Å². The summed E-state index contributed by atoms with van der Waals surface area (Å²) in [7, 11) is 1.63. The molecule has 0 radical (unpaired) electrons. The van der Waals surface area contributed by atoms with E-state index in [0.717, 1.165) is 12.2 Å². The SMILES string of the molecule is COC1=CC(CC(C)C)N(C(=O)Oc2ccccc2)C=C1. The molecule has 0 fully saturated rings. The Morgan fingerprint density at radius 3 is 2.62 bits per heavy atom. The first kappa shape index (κ1) is 15.2. The van der Waals surface area contributed by atoms with Crippen LogP contribution < -0.4 is 4.74 Å². The van der Waals surface area contributed by atoms with Crippen LogP contribution in [0.5, 0.6) is 5.75 Å². The first-order valence-corrected chi connectivity index (χ1v) is 7.09. The van der Waals surface area contributed by atoms with Crippen LogP contribution in [0.25, 0.3) is 0 Å². The number of para-hydroxylation sites is 1. The Kier molecular flexibility index (Phi) is 5.04. The molecule has 1 aromatic rings. The third kappa shape index (κ3) is 4.12. The normalized spacial score (nSPS) is 17.6. The molecule has 2 rings (SSSR count). The molecule has 1 aromatic carbocycles. The van der Waals surface area contributed by atoms with Gasteiger partial charge >= 0.3 is 6.09 Å². The maximum atomic E-state index is 12.3. The molecule has 1 aliphatic rings. The fraction of sp³-hybridized carbons (Fsp3) is 0.353. The predicted molar refractivity (Wildman–Crippen MR) is 81.8 cm³/mol. The number of rotatable bonds is 4. The van der Waals surface area contributed by atoms with Gasteiger partial charge in [0.05, 0.1) is 13.2 Å². The first-order valence-electron chi connectivity index (χ1n) is 7.09. The van der Waals surface area contributed by atoms with E-state index in [2.05, 4.69) is 13.8 Å². The van der Waals surface area contributed by atoms with Gasteiger partial charge in [0, 0.05) is 6.20 Å². The molecule has 0 saturated heterocycles. The summed E-state index contributed by atoms with van der Waals surface area (Å²) in [6.07, 6.45) is 5.91. The van der Waals surface area contributed by atoms with Crippen LogP contribution in [0.15, 0.2) is 54.4 Å². The molecule has 0 aliphatic carbocycles. The summed E-state index contributed by atoms with van der Waals surface area (Å²) in [5.41, 5.74) is 0. The molecule has 0 bridgehead atoms. The number of ether oxygens (including phenoxy) is 2. The number of hydrogen-bond donors (Lipinski definition) is 0. The zero-order valence-corrected chi connectivity index (χ0v) is 12.7. The van der Waals surface area contributed by atoms with Crippen molar-refractivity contribution in [1.29, 1.82) is 0 Å². The number of carbonyl (C=O) groups is 1. The molecule has 1 atom stereocenters. The van der Waals surface area contributed by atoms with Gasteiger partial charge in [-0.1, -0.05) is 32.0 Å². The summed E-state index contributed by atoms with van der Waals surface area (Å²) in [5.74, 6) is 1.77. The van der Waals surface area contributed by atoms with Crippen LogP contribution in [-0.4, -0.2) is 24.1 Å². The van der Waals surface area contributed by atoms with E-state index in [1.807, 2.05) is 24.3 Å². The smallest absolute Gasteiger partial charge is 0.419 e. The molecule has 1 heterocycles. The highest BCUT2D eigenvalue weighted by atomic mass is 16.6. The van der Waals surface area contributed by atoms with Gasteiger partial charge in [-0.15, -0.1) is 0 Å². The van der Waals surface area contributed by atoms with Crippen molar-refractivity contribution in [3.8, 4) is 5.75 Å².